The first-order valence-corrected chi connectivity index (χ1v) is 8.68. The van der Waals surface area contributed by atoms with Crippen LogP contribution >= 0.6 is 0 Å². The molecule has 130 valence electrons. The van der Waals surface area contributed by atoms with Gasteiger partial charge in [-0.05, 0) is 48.5 Å². The Labute approximate surface area is 153 Å². The summed E-state index contributed by atoms with van der Waals surface area (Å²) >= 11 is 0. The van der Waals surface area contributed by atoms with Gasteiger partial charge in [0.25, 0.3) is 0 Å². The molecule has 2 aromatic heterocycles. The highest BCUT2D eigenvalue weighted by molar-refractivity contribution is 5.87. The van der Waals surface area contributed by atoms with Crippen LogP contribution in [0.25, 0.3) is 33.2 Å². The van der Waals surface area contributed by atoms with Crippen molar-refractivity contribution >= 4 is 33.2 Å². The number of fused-ring (bicyclic) bond motifs is 2. The Bertz CT molecular complexity index is 1010. The Morgan fingerprint density at radius 2 is 0.962 bits per heavy atom. The Balaban J connectivity index is 1.76. The van der Waals surface area contributed by atoms with Crippen LogP contribution in [0.2, 0.25) is 0 Å². The zero-order valence-corrected chi connectivity index (χ0v) is 15.6. The SMILES string of the molecule is CN(C)c1ccc2nc(-c3ccc4cc(N(C)C)ccc4n3)ccc2c1. The van der Waals surface area contributed by atoms with E-state index in [9.17, 15) is 0 Å². The number of anilines is 2. The maximum Gasteiger partial charge on any atom is 0.0894 e. The van der Waals surface area contributed by atoms with Crippen molar-refractivity contribution in [2.45, 2.75) is 0 Å². The Morgan fingerprint density at radius 3 is 1.35 bits per heavy atom. The summed E-state index contributed by atoms with van der Waals surface area (Å²) in [5.41, 5.74) is 6.11. The van der Waals surface area contributed by atoms with Crippen LogP contribution in [-0.2, 0) is 0 Å². The Kier molecular flexibility index (Phi) is 3.96. The van der Waals surface area contributed by atoms with E-state index in [4.69, 9.17) is 9.97 Å². The van der Waals surface area contributed by atoms with Crippen molar-refractivity contribution in [3.05, 3.63) is 60.7 Å². The molecule has 0 spiro atoms. The van der Waals surface area contributed by atoms with Crippen molar-refractivity contribution < 1.29 is 0 Å². The summed E-state index contributed by atoms with van der Waals surface area (Å²) in [6, 6.07) is 21.0. The molecule has 0 radical (unpaired) electrons. The van der Waals surface area contributed by atoms with Crippen molar-refractivity contribution in [1.82, 2.24) is 9.97 Å². The highest BCUT2D eigenvalue weighted by Crippen LogP contribution is 2.26. The van der Waals surface area contributed by atoms with E-state index < -0.39 is 0 Å². The second-order valence-electron chi connectivity index (χ2n) is 6.94. The lowest BCUT2D eigenvalue weighted by Crippen LogP contribution is -2.08. The van der Waals surface area contributed by atoms with Gasteiger partial charge < -0.3 is 9.80 Å². The maximum atomic E-state index is 4.81. The van der Waals surface area contributed by atoms with Gasteiger partial charge in [-0.2, -0.15) is 0 Å². The van der Waals surface area contributed by atoms with Gasteiger partial charge in [-0.1, -0.05) is 12.1 Å². The molecule has 4 nitrogen and oxygen atoms in total. The maximum absolute atomic E-state index is 4.81. The quantitative estimate of drug-likeness (QED) is 0.545. The number of nitrogens with zero attached hydrogens (tertiary/aromatic N) is 4. The minimum atomic E-state index is 0.897. The zero-order chi connectivity index (χ0) is 18.3. The van der Waals surface area contributed by atoms with Crippen LogP contribution in [0.4, 0.5) is 11.4 Å². The van der Waals surface area contributed by atoms with Gasteiger partial charge in [0.1, 0.15) is 0 Å². The lowest BCUT2D eigenvalue weighted by atomic mass is 10.1. The average Bonchev–Trinajstić information content (AvgIpc) is 2.66. The molecule has 0 unspecified atom stereocenters. The van der Waals surface area contributed by atoms with E-state index >= 15 is 0 Å². The molecule has 0 aliphatic carbocycles. The first kappa shape index (κ1) is 16.3. The van der Waals surface area contributed by atoms with Crippen LogP contribution in [0, 0.1) is 0 Å². The number of hydrogen-bond donors (Lipinski definition) is 0. The van der Waals surface area contributed by atoms with Gasteiger partial charge in [0.15, 0.2) is 0 Å². The fraction of sp³-hybridized carbons (Fsp3) is 0.182. The predicted molar refractivity (Wildman–Crippen MR) is 111 cm³/mol. The summed E-state index contributed by atoms with van der Waals surface area (Å²) < 4.78 is 0. The van der Waals surface area contributed by atoms with Gasteiger partial charge >= 0.3 is 0 Å². The zero-order valence-electron chi connectivity index (χ0n) is 15.6. The van der Waals surface area contributed by atoms with E-state index in [1.54, 1.807) is 0 Å². The molecular weight excluding hydrogens is 320 g/mol. The molecule has 2 heterocycles. The molecule has 0 amide bonds. The van der Waals surface area contributed by atoms with Crippen LogP contribution in [-0.4, -0.2) is 38.2 Å². The van der Waals surface area contributed by atoms with E-state index in [1.807, 2.05) is 40.3 Å². The second kappa shape index (κ2) is 6.30. The largest absolute Gasteiger partial charge is 0.378 e. The summed E-state index contributed by atoms with van der Waals surface area (Å²) in [5, 5.41) is 2.27. The van der Waals surface area contributed by atoms with Crippen molar-refractivity contribution in [2.75, 3.05) is 38.0 Å². The summed E-state index contributed by atoms with van der Waals surface area (Å²) in [4.78, 5) is 13.8. The molecule has 0 aliphatic heterocycles. The third kappa shape index (κ3) is 2.94. The molecule has 4 aromatic rings. The molecular formula is C22H22N4. The van der Waals surface area contributed by atoms with Crippen LogP contribution < -0.4 is 9.80 Å². The number of benzene rings is 2. The van der Waals surface area contributed by atoms with Crippen LogP contribution in [0.1, 0.15) is 0 Å². The fourth-order valence-electron chi connectivity index (χ4n) is 3.07. The Hall–Kier alpha value is -3.14. The van der Waals surface area contributed by atoms with E-state index in [1.165, 1.54) is 11.4 Å². The summed E-state index contributed by atoms with van der Waals surface area (Å²) in [5.74, 6) is 0. The fourth-order valence-corrected chi connectivity index (χ4v) is 3.07. The van der Waals surface area contributed by atoms with Crippen molar-refractivity contribution in [3.8, 4) is 11.4 Å². The van der Waals surface area contributed by atoms with Crippen molar-refractivity contribution in [2.24, 2.45) is 0 Å². The van der Waals surface area contributed by atoms with E-state index in [-0.39, 0.29) is 0 Å². The van der Waals surface area contributed by atoms with Gasteiger partial charge in [0.05, 0.1) is 22.4 Å². The first-order valence-electron chi connectivity index (χ1n) is 8.68. The van der Waals surface area contributed by atoms with Crippen LogP contribution in [0.3, 0.4) is 0 Å². The molecule has 0 aliphatic rings. The summed E-state index contributed by atoms with van der Waals surface area (Å²) in [7, 11) is 8.18. The minimum absolute atomic E-state index is 0.897. The standard InChI is InChI=1S/C22H22N4/c1-25(2)17-7-11-19-15(13-17)5-9-21(23-19)22-10-6-16-14-18(26(3)4)8-12-20(16)24-22/h5-14H,1-4H3. The first-order chi connectivity index (χ1) is 12.5. The molecule has 0 fully saturated rings. The molecule has 0 bridgehead atoms. The predicted octanol–water partition coefficient (Wildman–Crippen LogP) is 4.58. The monoisotopic (exact) mass is 342 g/mol. The Morgan fingerprint density at radius 1 is 0.538 bits per heavy atom. The minimum Gasteiger partial charge on any atom is -0.378 e. The highest BCUT2D eigenvalue weighted by Gasteiger charge is 2.07. The molecule has 0 saturated carbocycles. The summed E-state index contributed by atoms with van der Waals surface area (Å²) in [6.07, 6.45) is 0. The van der Waals surface area contributed by atoms with Crippen molar-refractivity contribution in [3.63, 3.8) is 0 Å². The van der Waals surface area contributed by atoms with E-state index in [0.717, 1.165) is 33.2 Å². The molecule has 26 heavy (non-hydrogen) atoms. The van der Waals surface area contributed by atoms with Gasteiger partial charge in [-0.15, -0.1) is 0 Å². The lowest BCUT2D eigenvalue weighted by Gasteiger charge is -2.13. The number of aromatic nitrogens is 2. The molecule has 0 saturated heterocycles. The van der Waals surface area contributed by atoms with E-state index in [2.05, 4.69) is 58.3 Å². The molecule has 0 atom stereocenters. The van der Waals surface area contributed by atoms with Gasteiger partial charge in [0.2, 0.25) is 0 Å². The number of rotatable bonds is 3. The molecule has 0 N–H and O–H groups in total. The lowest BCUT2D eigenvalue weighted by molar-refractivity contribution is 1.13. The summed E-state index contributed by atoms with van der Waals surface area (Å²) in [6.45, 7) is 0. The van der Waals surface area contributed by atoms with Crippen molar-refractivity contribution in [1.29, 1.82) is 0 Å². The van der Waals surface area contributed by atoms with Gasteiger partial charge in [0, 0.05) is 50.3 Å². The normalized spacial score (nSPS) is 11.1. The van der Waals surface area contributed by atoms with E-state index in [0.29, 0.717) is 0 Å². The van der Waals surface area contributed by atoms with Crippen LogP contribution in [0.5, 0.6) is 0 Å². The molecule has 4 rings (SSSR count). The van der Waals surface area contributed by atoms with Gasteiger partial charge in [-0.3, -0.25) is 0 Å². The number of pyridine rings is 2. The molecule has 2 aromatic carbocycles. The van der Waals surface area contributed by atoms with Crippen LogP contribution in [0.15, 0.2) is 60.7 Å². The third-order valence-electron chi connectivity index (χ3n) is 4.64. The second-order valence-corrected chi connectivity index (χ2v) is 6.94. The topological polar surface area (TPSA) is 32.3 Å². The highest BCUT2D eigenvalue weighted by atomic mass is 15.1. The smallest absolute Gasteiger partial charge is 0.0894 e. The number of hydrogen-bond acceptors (Lipinski definition) is 4. The third-order valence-corrected chi connectivity index (χ3v) is 4.64. The van der Waals surface area contributed by atoms with Gasteiger partial charge in [-0.25, -0.2) is 9.97 Å². The average molecular weight is 342 g/mol. The molecule has 4 heteroatoms.